The summed E-state index contributed by atoms with van der Waals surface area (Å²) in [6.45, 7) is 12.4. The summed E-state index contributed by atoms with van der Waals surface area (Å²) in [7, 11) is 0. The van der Waals surface area contributed by atoms with Crippen LogP contribution in [0.3, 0.4) is 0 Å². The highest BCUT2D eigenvalue weighted by Gasteiger charge is 2.16. The predicted octanol–water partition coefficient (Wildman–Crippen LogP) is 4.78. The number of rotatable bonds is 7. The highest BCUT2D eigenvalue weighted by molar-refractivity contribution is 7.12. The number of aryl methyl sites for hydroxylation is 1. The lowest BCUT2D eigenvalue weighted by molar-refractivity contribution is 0.362. The van der Waals surface area contributed by atoms with E-state index in [0.717, 1.165) is 18.4 Å². The lowest BCUT2D eigenvalue weighted by Gasteiger charge is -2.22. The van der Waals surface area contributed by atoms with Gasteiger partial charge in [0, 0.05) is 15.8 Å². The third-order valence-corrected chi connectivity index (χ3v) is 4.18. The molecule has 0 fully saturated rings. The second-order valence-corrected chi connectivity index (χ2v) is 6.85. The first-order valence-electron chi connectivity index (χ1n) is 6.82. The van der Waals surface area contributed by atoms with E-state index in [2.05, 4.69) is 52.1 Å². The first-order valence-corrected chi connectivity index (χ1v) is 7.64. The van der Waals surface area contributed by atoms with Gasteiger partial charge in [0.25, 0.3) is 0 Å². The van der Waals surface area contributed by atoms with Gasteiger partial charge in [-0.2, -0.15) is 0 Å². The molecule has 0 saturated carbocycles. The number of hydrogen-bond donors (Lipinski definition) is 1. The number of nitrogens with one attached hydrogen (secondary N) is 1. The van der Waals surface area contributed by atoms with Crippen LogP contribution in [0, 0.1) is 18.8 Å². The van der Waals surface area contributed by atoms with E-state index in [0.29, 0.717) is 6.04 Å². The van der Waals surface area contributed by atoms with Crippen LogP contribution >= 0.6 is 11.3 Å². The molecule has 2 heteroatoms. The van der Waals surface area contributed by atoms with Crippen LogP contribution in [0.4, 0.5) is 0 Å². The molecule has 0 spiro atoms. The lowest BCUT2D eigenvalue weighted by Crippen LogP contribution is -2.22. The molecule has 0 aliphatic heterocycles. The molecule has 2 unspecified atom stereocenters. The van der Waals surface area contributed by atoms with E-state index < -0.39 is 0 Å². The van der Waals surface area contributed by atoms with Gasteiger partial charge in [-0.05, 0) is 50.3 Å². The summed E-state index contributed by atoms with van der Waals surface area (Å²) >= 11 is 1.93. The van der Waals surface area contributed by atoms with Crippen molar-refractivity contribution < 1.29 is 0 Å². The van der Waals surface area contributed by atoms with E-state index in [1.807, 2.05) is 11.3 Å². The second-order valence-electron chi connectivity index (χ2n) is 5.53. The Morgan fingerprint density at radius 1 is 1.18 bits per heavy atom. The average Bonchev–Trinajstić information content (AvgIpc) is 2.63. The maximum atomic E-state index is 3.63. The minimum absolute atomic E-state index is 0.549. The molecule has 98 valence electrons. The fourth-order valence-corrected chi connectivity index (χ4v) is 3.46. The maximum absolute atomic E-state index is 3.63. The van der Waals surface area contributed by atoms with Crippen molar-refractivity contribution in [1.29, 1.82) is 0 Å². The molecule has 1 aromatic heterocycles. The van der Waals surface area contributed by atoms with Gasteiger partial charge in [-0.25, -0.2) is 0 Å². The van der Waals surface area contributed by atoms with Crippen LogP contribution in [-0.4, -0.2) is 6.54 Å². The van der Waals surface area contributed by atoms with E-state index in [1.165, 1.54) is 22.6 Å². The zero-order chi connectivity index (χ0) is 12.8. The Kier molecular flexibility index (Phi) is 6.21. The van der Waals surface area contributed by atoms with E-state index in [-0.39, 0.29) is 0 Å². The Bertz CT molecular complexity index is 316. The molecule has 0 aliphatic rings. The van der Waals surface area contributed by atoms with Crippen molar-refractivity contribution in [2.24, 2.45) is 11.8 Å². The molecule has 0 aromatic carbocycles. The van der Waals surface area contributed by atoms with Crippen LogP contribution in [-0.2, 0) is 0 Å². The topological polar surface area (TPSA) is 12.0 Å². The SMILES string of the molecule is CCNC(CC(C)CC(C)C)c1ccc(C)s1. The van der Waals surface area contributed by atoms with Crippen LogP contribution in [0.25, 0.3) is 0 Å². The van der Waals surface area contributed by atoms with Crippen molar-refractivity contribution in [3.8, 4) is 0 Å². The first-order chi connectivity index (χ1) is 8.02. The van der Waals surface area contributed by atoms with Gasteiger partial charge in [-0.15, -0.1) is 11.3 Å². The summed E-state index contributed by atoms with van der Waals surface area (Å²) in [5, 5.41) is 3.63. The van der Waals surface area contributed by atoms with E-state index in [1.54, 1.807) is 0 Å². The summed E-state index contributed by atoms with van der Waals surface area (Å²) in [5.74, 6) is 1.60. The largest absolute Gasteiger partial charge is 0.310 e. The van der Waals surface area contributed by atoms with Gasteiger partial charge in [-0.1, -0.05) is 27.7 Å². The van der Waals surface area contributed by atoms with Crippen molar-refractivity contribution in [3.63, 3.8) is 0 Å². The molecule has 0 saturated heterocycles. The smallest absolute Gasteiger partial charge is 0.0417 e. The molecule has 1 N–H and O–H groups in total. The lowest BCUT2D eigenvalue weighted by atomic mass is 9.92. The standard InChI is InChI=1S/C15H27NS/c1-6-16-14(10-12(4)9-11(2)3)15-8-7-13(5)17-15/h7-8,11-12,14,16H,6,9-10H2,1-5H3. The van der Waals surface area contributed by atoms with Crippen molar-refractivity contribution in [2.45, 2.75) is 53.5 Å². The zero-order valence-electron chi connectivity index (χ0n) is 11.9. The average molecular weight is 253 g/mol. The molecule has 1 nitrogen and oxygen atoms in total. The van der Waals surface area contributed by atoms with Gasteiger partial charge in [0.1, 0.15) is 0 Å². The fraction of sp³-hybridized carbons (Fsp3) is 0.733. The molecular weight excluding hydrogens is 226 g/mol. The molecule has 17 heavy (non-hydrogen) atoms. The van der Waals surface area contributed by atoms with Gasteiger partial charge in [-0.3, -0.25) is 0 Å². The third kappa shape index (κ3) is 5.22. The molecular formula is C15H27NS. The molecule has 1 aromatic rings. The monoisotopic (exact) mass is 253 g/mol. The Labute approximate surface area is 111 Å². The van der Waals surface area contributed by atoms with Gasteiger partial charge in [0.2, 0.25) is 0 Å². The zero-order valence-corrected chi connectivity index (χ0v) is 12.7. The molecule has 0 radical (unpaired) electrons. The minimum atomic E-state index is 0.549. The maximum Gasteiger partial charge on any atom is 0.0417 e. The van der Waals surface area contributed by atoms with Gasteiger partial charge in [0.15, 0.2) is 0 Å². The highest BCUT2D eigenvalue weighted by Crippen LogP contribution is 2.29. The van der Waals surface area contributed by atoms with Crippen LogP contribution in [0.5, 0.6) is 0 Å². The van der Waals surface area contributed by atoms with Gasteiger partial charge >= 0.3 is 0 Å². The summed E-state index contributed by atoms with van der Waals surface area (Å²) in [5.41, 5.74) is 0. The summed E-state index contributed by atoms with van der Waals surface area (Å²) < 4.78 is 0. The normalized spacial score (nSPS) is 15.2. The number of thiophene rings is 1. The van der Waals surface area contributed by atoms with Crippen molar-refractivity contribution >= 4 is 11.3 Å². The molecule has 0 aliphatic carbocycles. The number of hydrogen-bond acceptors (Lipinski definition) is 2. The molecule has 0 amide bonds. The fourth-order valence-electron chi connectivity index (χ4n) is 2.49. The minimum Gasteiger partial charge on any atom is -0.310 e. The van der Waals surface area contributed by atoms with Gasteiger partial charge in [0.05, 0.1) is 0 Å². The Morgan fingerprint density at radius 2 is 1.88 bits per heavy atom. The Balaban J connectivity index is 2.60. The summed E-state index contributed by atoms with van der Waals surface area (Å²) in [6.07, 6.45) is 2.58. The van der Waals surface area contributed by atoms with E-state index >= 15 is 0 Å². The highest BCUT2D eigenvalue weighted by atomic mass is 32.1. The quantitative estimate of drug-likeness (QED) is 0.737. The van der Waals surface area contributed by atoms with Crippen LogP contribution in [0.15, 0.2) is 12.1 Å². The van der Waals surface area contributed by atoms with Crippen LogP contribution in [0.2, 0.25) is 0 Å². The Morgan fingerprint density at radius 3 is 2.35 bits per heavy atom. The predicted molar refractivity (Wildman–Crippen MR) is 78.7 cm³/mol. The molecule has 2 atom stereocenters. The second kappa shape index (κ2) is 7.17. The molecule has 0 bridgehead atoms. The van der Waals surface area contributed by atoms with Crippen molar-refractivity contribution in [3.05, 3.63) is 21.9 Å². The third-order valence-electron chi connectivity index (χ3n) is 3.07. The van der Waals surface area contributed by atoms with E-state index in [9.17, 15) is 0 Å². The van der Waals surface area contributed by atoms with Crippen LogP contribution < -0.4 is 5.32 Å². The Hall–Kier alpha value is -0.340. The molecule has 1 rings (SSSR count). The summed E-state index contributed by atoms with van der Waals surface area (Å²) in [4.78, 5) is 2.92. The van der Waals surface area contributed by atoms with Gasteiger partial charge < -0.3 is 5.32 Å². The van der Waals surface area contributed by atoms with Crippen molar-refractivity contribution in [2.75, 3.05) is 6.54 Å². The first kappa shape index (κ1) is 14.7. The van der Waals surface area contributed by atoms with Crippen LogP contribution in [0.1, 0.15) is 56.3 Å². The van der Waals surface area contributed by atoms with Crippen molar-refractivity contribution in [1.82, 2.24) is 5.32 Å². The van der Waals surface area contributed by atoms with E-state index in [4.69, 9.17) is 0 Å². The molecule has 1 heterocycles. The summed E-state index contributed by atoms with van der Waals surface area (Å²) in [6, 6.07) is 5.07.